The lowest BCUT2D eigenvalue weighted by Gasteiger charge is -2.22. The number of hydrogen-bond donors (Lipinski definition) is 3. The van der Waals surface area contributed by atoms with E-state index in [4.69, 9.17) is 5.73 Å². The van der Waals surface area contributed by atoms with Gasteiger partial charge < -0.3 is 21.1 Å². The average Bonchev–Trinajstić information content (AvgIpc) is 3.40. The summed E-state index contributed by atoms with van der Waals surface area (Å²) in [6.45, 7) is 7.02. The van der Waals surface area contributed by atoms with Gasteiger partial charge in [0.15, 0.2) is 5.78 Å². The molecule has 0 radical (unpaired) electrons. The third-order valence-corrected chi connectivity index (χ3v) is 8.62. The van der Waals surface area contributed by atoms with Gasteiger partial charge in [0.1, 0.15) is 12.4 Å². The molecule has 9 heteroatoms. The van der Waals surface area contributed by atoms with Crippen molar-refractivity contribution in [2.24, 2.45) is 16.6 Å². The highest BCUT2D eigenvalue weighted by molar-refractivity contribution is 6.08. The number of ketones is 1. The predicted octanol–water partition coefficient (Wildman–Crippen LogP) is 5.14. The Balaban J connectivity index is 1.28. The number of Topliss-reactive ketones (excluding diaryl/α,β-unsaturated/α-hetero) is 1. The molecular formula is C37H43N5O4. The smallest absolute Gasteiger partial charge is 0.255 e. The molecule has 46 heavy (non-hydrogen) atoms. The number of fused-ring (bicyclic) bond motifs is 1. The van der Waals surface area contributed by atoms with Gasteiger partial charge in [-0.2, -0.15) is 0 Å². The molecule has 5 rings (SSSR count). The minimum Gasteiger partial charge on any atom is -0.389 e. The van der Waals surface area contributed by atoms with Crippen molar-refractivity contribution in [1.82, 2.24) is 9.80 Å². The van der Waals surface area contributed by atoms with Crippen molar-refractivity contribution >= 4 is 40.9 Å². The zero-order valence-electron chi connectivity index (χ0n) is 26.6. The molecule has 9 nitrogen and oxygen atoms in total. The first kappa shape index (κ1) is 32.8. The van der Waals surface area contributed by atoms with E-state index < -0.39 is 6.61 Å². The van der Waals surface area contributed by atoms with Gasteiger partial charge in [0.25, 0.3) is 5.91 Å². The van der Waals surface area contributed by atoms with Crippen LogP contribution in [0.3, 0.4) is 0 Å². The number of aliphatic hydroxyl groups excluding tert-OH is 1. The Morgan fingerprint density at radius 1 is 0.978 bits per heavy atom. The van der Waals surface area contributed by atoms with Gasteiger partial charge in [-0.05, 0) is 54.3 Å². The molecule has 1 saturated heterocycles. The number of nitrogens with zero attached hydrogens (tertiary/aromatic N) is 3. The largest absolute Gasteiger partial charge is 0.389 e. The van der Waals surface area contributed by atoms with Crippen molar-refractivity contribution in [3.05, 3.63) is 101 Å². The molecule has 0 spiro atoms. The van der Waals surface area contributed by atoms with Crippen molar-refractivity contribution in [3.63, 3.8) is 0 Å². The van der Waals surface area contributed by atoms with Gasteiger partial charge in [-0.15, -0.1) is 0 Å². The molecule has 2 amide bonds. The number of nitrogens with two attached hydrogens (primary N) is 1. The Bertz CT molecular complexity index is 1610. The zero-order valence-corrected chi connectivity index (χ0v) is 26.6. The van der Waals surface area contributed by atoms with E-state index in [9.17, 15) is 19.5 Å². The lowest BCUT2D eigenvalue weighted by molar-refractivity contribution is -0.127. The van der Waals surface area contributed by atoms with Crippen molar-refractivity contribution < 1.29 is 19.5 Å². The second-order valence-corrected chi connectivity index (χ2v) is 12.1. The minimum absolute atomic E-state index is 0.0338. The highest BCUT2D eigenvalue weighted by Gasteiger charge is 2.37. The number of likely N-dealkylation sites (tertiary alicyclic amines) is 1. The summed E-state index contributed by atoms with van der Waals surface area (Å²) >= 11 is 0. The molecule has 0 bridgehead atoms. The Hall–Kier alpha value is -4.60. The van der Waals surface area contributed by atoms with E-state index in [-0.39, 0.29) is 35.9 Å². The average molecular weight is 622 g/mol. The van der Waals surface area contributed by atoms with E-state index in [1.165, 1.54) is 5.56 Å². The number of anilines is 1. The highest BCUT2D eigenvalue weighted by atomic mass is 16.3. The maximum Gasteiger partial charge on any atom is 0.255 e. The Morgan fingerprint density at radius 2 is 1.70 bits per heavy atom. The number of amidine groups is 1. The van der Waals surface area contributed by atoms with Crippen molar-refractivity contribution in [3.8, 4) is 0 Å². The fourth-order valence-electron chi connectivity index (χ4n) is 6.38. The number of benzene rings is 3. The molecule has 3 aromatic rings. The summed E-state index contributed by atoms with van der Waals surface area (Å²) in [5, 5.41) is 12.6. The van der Waals surface area contributed by atoms with Crippen molar-refractivity contribution in [2.45, 2.75) is 45.6 Å². The molecule has 2 aliphatic rings. The highest BCUT2D eigenvalue weighted by Crippen LogP contribution is 2.35. The number of hydrogen-bond acceptors (Lipinski definition) is 7. The summed E-state index contributed by atoms with van der Waals surface area (Å²) in [7, 11) is 0. The summed E-state index contributed by atoms with van der Waals surface area (Å²) in [6.07, 6.45) is 3.83. The van der Waals surface area contributed by atoms with Crippen LogP contribution < -0.4 is 11.1 Å². The van der Waals surface area contributed by atoms with E-state index in [1.54, 1.807) is 18.2 Å². The van der Waals surface area contributed by atoms with Crippen LogP contribution in [0.5, 0.6) is 0 Å². The van der Waals surface area contributed by atoms with Crippen LogP contribution >= 0.6 is 0 Å². The second kappa shape index (κ2) is 15.1. The van der Waals surface area contributed by atoms with Crippen LogP contribution in [0.1, 0.15) is 66.1 Å². The van der Waals surface area contributed by atoms with Gasteiger partial charge in [0, 0.05) is 73.4 Å². The Kier molecular flexibility index (Phi) is 10.8. The number of carbonyl (C=O) groups excluding carboxylic acids is 3. The molecule has 0 aromatic heterocycles. The molecule has 0 saturated carbocycles. The number of carbonyl (C=O) groups is 3. The van der Waals surface area contributed by atoms with Gasteiger partial charge in [0.2, 0.25) is 5.91 Å². The van der Waals surface area contributed by atoms with Gasteiger partial charge in [-0.3, -0.25) is 19.3 Å². The fraction of sp³-hybridized carbons (Fsp3) is 0.351. The number of aliphatic imine (C=N–C) groups is 1. The van der Waals surface area contributed by atoms with Crippen LogP contribution in [0.2, 0.25) is 0 Å². The maximum atomic E-state index is 13.3. The lowest BCUT2D eigenvalue weighted by atomic mass is 9.86. The molecule has 4 N–H and O–H groups in total. The van der Waals surface area contributed by atoms with Gasteiger partial charge in [0.05, 0.1) is 5.69 Å². The molecule has 2 heterocycles. The molecule has 1 fully saturated rings. The molecule has 0 aliphatic carbocycles. The molecule has 2 atom stereocenters. The van der Waals surface area contributed by atoms with E-state index in [0.29, 0.717) is 54.5 Å². The molecular weight excluding hydrogens is 578 g/mol. The fourth-order valence-corrected chi connectivity index (χ4v) is 6.38. The van der Waals surface area contributed by atoms with Crippen LogP contribution in [0.4, 0.5) is 11.4 Å². The summed E-state index contributed by atoms with van der Waals surface area (Å²) in [4.78, 5) is 47.9. The summed E-state index contributed by atoms with van der Waals surface area (Å²) < 4.78 is 0. The third-order valence-electron chi connectivity index (χ3n) is 8.62. The van der Waals surface area contributed by atoms with Crippen molar-refractivity contribution in [2.75, 3.05) is 38.1 Å². The van der Waals surface area contributed by atoms with Gasteiger partial charge in [-0.1, -0.05) is 62.4 Å². The Labute approximate surface area is 270 Å². The molecule has 240 valence electrons. The SMILES string of the molecule is CCCN(CCC)C(=O)C1=Cc2ccc(C(=O)Nc3ccc([C@H]4CN(Cc5ccccc5)C[C@@H]4C(=O)CO)cc3)cc2N=C(N)C1. The number of aliphatic hydroxyl groups is 1. The standard InChI is InChI=1S/C37H43N5O4/c1-3-16-42(17-4-2)37(46)29-18-27-10-11-28(19-33(27)40-35(38)20-29)36(45)39-30-14-12-26(13-15-30)31-22-41(23-32(31)34(44)24-43)21-25-8-6-5-7-9-25/h5-15,18-19,31-32,43H,3-4,16-17,20-24H2,1-2H3,(H2,38,40)(H,39,45)/t31-,32+/m1/s1. The van der Waals surface area contributed by atoms with Crippen LogP contribution in [-0.2, 0) is 16.1 Å². The second-order valence-electron chi connectivity index (χ2n) is 12.1. The Morgan fingerprint density at radius 3 is 2.37 bits per heavy atom. The quantitative estimate of drug-likeness (QED) is 0.257. The normalized spacial score (nSPS) is 17.8. The summed E-state index contributed by atoms with van der Waals surface area (Å²) in [5.41, 5.74) is 11.3. The summed E-state index contributed by atoms with van der Waals surface area (Å²) in [6, 6.07) is 22.9. The van der Waals surface area contributed by atoms with Crippen LogP contribution in [-0.4, -0.2) is 71.1 Å². The van der Waals surface area contributed by atoms with Gasteiger partial charge in [-0.25, -0.2) is 4.99 Å². The minimum atomic E-state index is -0.478. The molecule has 3 aromatic carbocycles. The monoisotopic (exact) mass is 621 g/mol. The lowest BCUT2D eigenvalue weighted by Crippen LogP contribution is -2.34. The van der Waals surface area contributed by atoms with Crippen LogP contribution in [0.25, 0.3) is 6.08 Å². The third kappa shape index (κ3) is 7.78. The number of amides is 2. The van der Waals surface area contributed by atoms with E-state index in [1.807, 2.05) is 53.4 Å². The molecule has 0 unspecified atom stereocenters. The van der Waals surface area contributed by atoms with Crippen molar-refractivity contribution in [1.29, 1.82) is 0 Å². The topological polar surface area (TPSA) is 128 Å². The summed E-state index contributed by atoms with van der Waals surface area (Å²) in [5.74, 6) is -0.515. The predicted molar refractivity (Wildman–Crippen MR) is 182 cm³/mol. The first-order valence-corrected chi connectivity index (χ1v) is 16.1. The first-order valence-electron chi connectivity index (χ1n) is 16.1. The van der Waals surface area contributed by atoms with E-state index in [0.717, 1.165) is 30.5 Å². The number of rotatable bonds is 12. The first-order chi connectivity index (χ1) is 22.3. The molecule has 2 aliphatic heterocycles. The van der Waals surface area contributed by atoms with Crippen LogP contribution in [0.15, 0.2) is 83.4 Å². The van der Waals surface area contributed by atoms with E-state index in [2.05, 4.69) is 41.2 Å². The number of nitrogens with one attached hydrogen (secondary N) is 1. The van der Waals surface area contributed by atoms with E-state index >= 15 is 0 Å². The zero-order chi connectivity index (χ0) is 32.6. The van der Waals surface area contributed by atoms with Gasteiger partial charge >= 0.3 is 0 Å². The van der Waals surface area contributed by atoms with Crippen LogP contribution in [0, 0.1) is 5.92 Å². The maximum absolute atomic E-state index is 13.3.